The molecule has 1 aliphatic heterocycles. The molecule has 0 radical (unpaired) electrons. The molecule has 3 unspecified atom stereocenters. The van der Waals surface area contributed by atoms with E-state index in [0.717, 1.165) is 29.7 Å². The van der Waals surface area contributed by atoms with Crippen molar-refractivity contribution in [2.75, 3.05) is 0 Å². The van der Waals surface area contributed by atoms with Gasteiger partial charge in [-0.25, -0.2) is 9.98 Å². The summed E-state index contributed by atoms with van der Waals surface area (Å²) >= 11 is 0. The normalized spacial score (nSPS) is 30.6. The van der Waals surface area contributed by atoms with Gasteiger partial charge in [0, 0.05) is 0 Å². The third-order valence-electron chi connectivity index (χ3n) is 4.86. The number of guanidine groups is 1. The van der Waals surface area contributed by atoms with Crippen LogP contribution in [0.15, 0.2) is 79.3 Å². The molecular weight excluding hydrogens is 338 g/mol. The average molecular weight is 363 g/mol. The highest BCUT2D eigenvalue weighted by atomic mass is 15.2. The maximum absolute atomic E-state index is 6.18. The fourth-order valence-electron chi connectivity index (χ4n) is 3.48. The first kappa shape index (κ1) is 18.6. The lowest BCUT2D eigenvalue weighted by Gasteiger charge is -2.42. The first-order chi connectivity index (χ1) is 13.1. The summed E-state index contributed by atoms with van der Waals surface area (Å²) in [4.78, 5) is 17.4. The number of allylic oxidation sites excluding steroid dienone is 5. The summed E-state index contributed by atoms with van der Waals surface area (Å²) in [6.45, 7) is 5.64. The maximum Gasteiger partial charge on any atom is 0.190 e. The van der Waals surface area contributed by atoms with Gasteiger partial charge in [0.1, 0.15) is 24.0 Å². The number of nitrogens with one attached hydrogen (secondary N) is 1. The summed E-state index contributed by atoms with van der Waals surface area (Å²) in [6, 6.07) is -0.535. The zero-order chi connectivity index (χ0) is 19.3. The minimum Gasteiger partial charge on any atom is -0.390 e. The Bertz CT molecular complexity index is 838. The molecule has 2 aliphatic carbocycles. The van der Waals surface area contributed by atoms with Crippen LogP contribution in [0.1, 0.15) is 19.8 Å². The average Bonchev–Trinajstić information content (AvgIpc) is 2.83. The van der Waals surface area contributed by atoms with Gasteiger partial charge in [-0.3, -0.25) is 9.98 Å². The molecule has 0 amide bonds. The molecule has 3 aliphatic rings. The molecule has 3 rings (SSSR count). The number of rotatable bonds is 4. The SMILES string of the molecule is C=NC1=C(C)C=CC2(C=C1)NC(N)=NC(C1=CCCC=C1)C2N=CN=CN. The molecule has 0 bridgehead atoms. The lowest BCUT2D eigenvalue weighted by atomic mass is 9.80. The molecular formula is C20H25N7. The van der Waals surface area contributed by atoms with Gasteiger partial charge in [0.2, 0.25) is 0 Å². The Morgan fingerprint density at radius 2 is 2.11 bits per heavy atom. The molecule has 27 heavy (non-hydrogen) atoms. The van der Waals surface area contributed by atoms with E-state index in [2.05, 4.69) is 50.2 Å². The first-order valence-corrected chi connectivity index (χ1v) is 8.89. The Morgan fingerprint density at radius 1 is 1.30 bits per heavy atom. The van der Waals surface area contributed by atoms with Crippen LogP contribution in [-0.4, -0.2) is 43.0 Å². The van der Waals surface area contributed by atoms with Crippen molar-refractivity contribution in [3.05, 3.63) is 59.4 Å². The van der Waals surface area contributed by atoms with Crippen LogP contribution < -0.4 is 16.8 Å². The van der Waals surface area contributed by atoms with Crippen LogP contribution >= 0.6 is 0 Å². The highest BCUT2D eigenvalue weighted by molar-refractivity contribution is 5.82. The monoisotopic (exact) mass is 363 g/mol. The van der Waals surface area contributed by atoms with E-state index < -0.39 is 5.54 Å². The molecule has 0 fully saturated rings. The minimum absolute atomic E-state index is 0.236. The van der Waals surface area contributed by atoms with Crippen molar-refractivity contribution in [1.82, 2.24) is 5.32 Å². The van der Waals surface area contributed by atoms with Crippen LogP contribution in [0.5, 0.6) is 0 Å². The third kappa shape index (κ3) is 3.81. The smallest absolute Gasteiger partial charge is 0.190 e. The molecule has 0 aromatic carbocycles. The molecule has 1 heterocycles. The van der Waals surface area contributed by atoms with Gasteiger partial charge in [-0.2, -0.15) is 0 Å². The van der Waals surface area contributed by atoms with E-state index in [1.165, 1.54) is 12.7 Å². The van der Waals surface area contributed by atoms with E-state index in [9.17, 15) is 0 Å². The molecule has 0 aromatic rings. The van der Waals surface area contributed by atoms with E-state index >= 15 is 0 Å². The Labute approximate surface area is 159 Å². The van der Waals surface area contributed by atoms with Gasteiger partial charge in [0.05, 0.1) is 12.0 Å². The van der Waals surface area contributed by atoms with Gasteiger partial charge in [0.15, 0.2) is 5.96 Å². The fraction of sp³-hybridized carbons (Fsp3) is 0.300. The van der Waals surface area contributed by atoms with E-state index in [0.29, 0.717) is 5.96 Å². The fourth-order valence-corrected chi connectivity index (χ4v) is 3.48. The number of nitrogens with zero attached hydrogens (tertiary/aromatic N) is 4. The van der Waals surface area contributed by atoms with Crippen molar-refractivity contribution >= 4 is 25.4 Å². The predicted octanol–water partition coefficient (Wildman–Crippen LogP) is 1.77. The van der Waals surface area contributed by atoms with Crippen LogP contribution in [0.3, 0.4) is 0 Å². The van der Waals surface area contributed by atoms with Crippen molar-refractivity contribution in [2.24, 2.45) is 31.4 Å². The van der Waals surface area contributed by atoms with Crippen molar-refractivity contribution in [2.45, 2.75) is 37.4 Å². The highest BCUT2D eigenvalue weighted by Gasteiger charge is 2.44. The summed E-state index contributed by atoms with van der Waals surface area (Å²) in [7, 11) is 0. The summed E-state index contributed by atoms with van der Waals surface area (Å²) in [5.41, 5.74) is 13.8. The van der Waals surface area contributed by atoms with Gasteiger partial charge in [0.25, 0.3) is 0 Å². The van der Waals surface area contributed by atoms with Crippen molar-refractivity contribution < 1.29 is 0 Å². The molecule has 0 saturated carbocycles. The molecule has 1 spiro atoms. The van der Waals surface area contributed by atoms with Gasteiger partial charge in [-0.05, 0) is 43.7 Å². The second-order valence-electron chi connectivity index (χ2n) is 6.60. The lowest BCUT2D eigenvalue weighted by Crippen LogP contribution is -2.63. The molecule has 0 saturated heterocycles. The standard InChI is InChI=1S/C20H25N7/c1-14-8-10-20(11-9-16(14)23-2)18(25-13-24-12-21)17(26-19(22)27-20)15-6-4-3-5-7-15/h4,6-13,17-18H,2-3,5H2,1H3,(H2,21,24,25)(H3,22,26,27). The van der Waals surface area contributed by atoms with Crippen molar-refractivity contribution in [3.8, 4) is 0 Å². The van der Waals surface area contributed by atoms with Gasteiger partial charge in [-0.15, -0.1) is 0 Å². The zero-order valence-electron chi connectivity index (χ0n) is 15.4. The lowest BCUT2D eigenvalue weighted by molar-refractivity contribution is 0.400. The van der Waals surface area contributed by atoms with E-state index in [4.69, 9.17) is 11.5 Å². The summed E-state index contributed by atoms with van der Waals surface area (Å²) < 4.78 is 0. The van der Waals surface area contributed by atoms with Crippen LogP contribution in [0.2, 0.25) is 0 Å². The Kier molecular flexibility index (Phi) is 5.49. The predicted molar refractivity (Wildman–Crippen MR) is 113 cm³/mol. The highest BCUT2D eigenvalue weighted by Crippen LogP contribution is 2.33. The van der Waals surface area contributed by atoms with Gasteiger partial charge < -0.3 is 16.8 Å². The Balaban J connectivity index is 2.10. The molecule has 3 atom stereocenters. The summed E-state index contributed by atoms with van der Waals surface area (Å²) in [5.74, 6) is 0.371. The zero-order valence-corrected chi connectivity index (χ0v) is 15.4. The molecule has 7 nitrogen and oxygen atoms in total. The molecule has 5 N–H and O–H groups in total. The summed E-state index contributed by atoms with van der Waals surface area (Å²) in [6.07, 6.45) is 19.1. The van der Waals surface area contributed by atoms with Gasteiger partial charge >= 0.3 is 0 Å². The first-order valence-electron chi connectivity index (χ1n) is 8.89. The number of hydrogen-bond acceptors (Lipinski definition) is 5. The van der Waals surface area contributed by atoms with Crippen molar-refractivity contribution in [3.63, 3.8) is 0 Å². The molecule has 7 heteroatoms. The van der Waals surface area contributed by atoms with E-state index in [-0.39, 0.29) is 12.1 Å². The van der Waals surface area contributed by atoms with Crippen LogP contribution in [0.4, 0.5) is 0 Å². The number of aliphatic imine (C=N–C) groups is 4. The Morgan fingerprint density at radius 3 is 2.81 bits per heavy atom. The van der Waals surface area contributed by atoms with Gasteiger partial charge in [-0.1, -0.05) is 36.5 Å². The summed E-state index contributed by atoms with van der Waals surface area (Å²) in [5, 5.41) is 3.30. The molecule has 0 aromatic heterocycles. The van der Waals surface area contributed by atoms with Crippen LogP contribution in [0, 0.1) is 0 Å². The Hall–Kier alpha value is -3.22. The maximum atomic E-state index is 6.18. The quantitative estimate of drug-likeness (QED) is 0.522. The third-order valence-corrected chi connectivity index (χ3v) is 4.86. The second kappa shape index (κ2) is 7.99. The van der Waals surface area contributed by atoms with E-state index in [1.807, 2.05) is 31.2 Å². The number of hydrogen-bond donors (Lipinski definition) is 3. The minimum atomic E-state index is -0.670. The van der Waals surface area contributed by atoms with Crippen LogP contribution in [0.25, 0.3) is 0 Å². The molecule has 140 valence electrons. The number of nitrogens with two attached hydrogens (primary N) is 2. The largest absolute Gasteiger partial charge is 0.390 e. The van der Waals surface area contributed by atoms with E-state index in [1.54, 1.807) is 0 Å². The van der Waals surface area contributed by atoms with Crippen LogP contribution in [-0.2, 0) is 0 Å². The topological polar surface area (TPSA) is 114 Å². The second-order valence-corrected chi connectivity index (χ2v) is 6.60. The van der Waals surface area contributed by atoms with Crippen molar-refractivity contribution in [1.29, 1.82) is 0 Å².